The molecule has 2 aromatic rings. The van der Waals surface area contributed by atoms with Gasteiger partial charge < -0.3 is 10.1 Å². The number of ether oxygens (including phenoxy) is 1. The average Bonchev–Trinajstić information content (AvgIpc) is 2.91. The topological polar surface area (TPSA) is 86.1 Å². The van der Waals surface area contributed by atoms with Gasteiger partial charge in [0.15, 0.2) is 17.6 Å². The molecule has 2 aromatic heterocycles. The van der Waals surface area contributed by atoms with E-state index in [9.17, 15) is 9.59 Å². The maximum atomic E-state index is 12.3. The van der Waals surface area contributed by atoms with Crippen LogP contribution in [-0.4, -0.2) is 39.3 Å². The normalized spacial score (nSPS) is 11.7. The fourth-order valence-electron chi connectivity index (χ4n) is 2.14. The predicted molar refractivity (Wildman–Crippen MR) is 93.9 cm³/mol. The molecule has 1 amide bonds. The molecular formula is C17H19ClN4O3. The van der Waals surface area contributed by atoms with E-state index in [-0.39, 0.29) is 17.3 Å². The summed E-state index contributed by atoms with van der Waals surface area (Å²) in [5, 5.41) is 7.00. The van der Waals surface area contributed by atoms with Crippen LogP contribution in [0.3, 0.4) is 0 Å². The Morgan fingerprint density at radius 3 is 2.76 bits per heavy atom. The SMILES string of the molecule is C=CCNC(=O)C(C)OC(=O)c1nc(-n2nc(C)cc2C)ccc1Cl. The number of rotatable bonds is 6. The lowest BCUT2D eigenvalue weighted by Crippen LogP contribution is -2.36. The number of amides is 1. The first-order valence-corrected chi connectivity index (χ1v) is 8.01. The first-order valence-electron chi connectivity index (χ1n) is 7.63. The van der Waals surface area contributed by atoms with E-state index in [4.69, 9.17) is 16.3 Å². The molecule has 1 atom stereocenters. The number of nitrogens with zero attached hydrogens (tertiary/aromatic N) is 3. The zero-order valence-corrected chi connectivity index (χ0v) is 15.0. The number of halogens is 1. The number of aryl methyl sites for hydroxylation is 2. The van der Waals surface area contributed by atoms with Crippen molar-refractivity contribution in [2.24, 2.45) is 0 Å². The van der Waals surface area contributed by atoms with Crippen LogP contribution in [0.2, 0.25) is 5.02 Å². The molecule has 7 nitrogen and oxygen atoms in total. The molecule has 0 aliphatic carbocycles. The van der Waals surface area contributed by atoms with E-state index in [1.54, 1.807) is 16.8 Å². The highest BCUT2D eigenvalue weighted by Gasteiger charge is 2.22. The summed E-state index contributed by atoms with van der Waals surface area (Å²) in [5.41, 5.74) is 1.62. The maximum absolute atomic E-state index is 12.3. The lowest BCUT2D eigenvalue weighted by molar-refractivity contribution is -0.128. The predicted octanol–water partition coefficient (Wildman–Crippen LogP) is 2.39. The van der Waals surface area contributed by atoms with Gasteiger partial charge in [-0.1, -0.05) is 17.7 Å². The Bertz CT molecular complexity index is 816. The summed E-state index contributed by atoms with van der Waals surface area (Å²) in [4.78, 5) is 28.4. The van der Waals surface area contributed by atoms with Gasteiger partial charge in [-0.3, -0.25) is 4.79 Å². The van der Waals surface area contributed by atoms with Gasteiger partial charge >= 0.3 is 5.97 Å². The Labute approximate surface area is 150 Å². The smallest absolute Gasteiger partial charge is 0.359 e. The second kappa shape index (κ2) is 7.94. The highest BCUT2D eigenvalue weighted by atomic mass is 35.5. The van der Waals surface area contributed by atoms with Gasteiger partial charge in [0.25, 0.3) is 5.91 Å². The monoisotopic (exact) mass is 362 g/mol. The average molecular weight is 363 g/mol. The van der Waals surface area contributed by atoms with Crippen molar-refractivity contribution in [1.82, 2.24) is 20.1 Å². The minimum Gasteiger partial charge on any atom is -0.448 e. The first-order chi connectivity index (χ1) is 11.8. The zero-order chi connectivity index (χ0) is 18.6. The number of aromatic nitrogens is 3. The molecule has 8 heteroatoms. The molecule has 0 radical (unpaired) electrons. The Kier molecular flexibility index (Phi) is 5.93. The van der Waals surface area contributed by atoms with Crippen molar-refractivity contribution in [2.75, 3.05) is 6.54 Å². The van der Waals surface area contributed by atoms with Gasteiger partial charge in [-0.05, 0) is 39.0 Å². The van der Waals surface area contributed by atoms with Crippen LogP contribution in [0, 0.1) is 13.8 Å². The minimum atomic E-state index is -0.984. The summed E-state index contributed by atoms with van der Waals surface area (Å²) in [6.07, 6.45) is 0.547. The van der Waals surface area contributed by atoms with Crippen LogP contribution in [0.5, 0.6) is 0 Å². The number of hydrogen-bond acceptors (Lipinski definition) is 5. The second-order valence-corrected chi connectivity index (χ2v) is 5.83. The van der Waals surface area contributed by atoms with Crippen molar-refractivity contribution in [3.63, 3.8) is 0 Å². The van der Waals surface area contributed by atoms with Gasteiger partial charge in [-0.2, -0.15) is 5.10 Å². The summed E-state index contributed by atoms with van der Waals surface area (Å²) in [7, 11) is 0. The lowest BCUT2D eigenvalue weighted by Gasteiger charge is -2.13. The summed E-state index contributed by atoms with van der Waals surface area (Å²) in [5.74, 6) is -0.778. The molecule has 0 spiro atoms. The molecule has 1 unspecified atom stereocenters. The van der Waals surface area contributed by atoms with Gasteiger partial charge in [0.05, 0.1) is 10.7 Å². The third kappa shape index (κ3) is 4.45. The fourth-order valence-corrected chi connectivity index (χ4v) is 2.32. The highest BCUT2D eigenvalue weighted by molar-refractivity contribution is 6.33. The molecule has 0 aromatic carbocycles. The Morgan fingerprint density at radius 2 is 2.16 bits per heavy atom. The van der Waals surface area contributed by atoms with Gasteiger partial charge in [0.1, 0.15) is 0 Å². The van der Waals surface area contributed by atoms with Crippen molar-refractivity contribution in [3.8, 4) is 5.82 Å². The Morgan fingerprint density at radius 1 is 1.44 bits per heavy atom. The first kappa shape index (κ1) is 18.7. The summed E-state index contributed by atoms with van der Waals surface area (Å²) < 4.78 is 6.74. The van der Waals surface area contributed by atoms with Crippen molar-refractivity contribution in [2.45, 2.75) is 26.9 Å². The molecule has 0 saturated heterocycles. The molecule has 25 heavy (non-hydrogen) atoms. The van der Waals surface area contributed by atoms with Gasteiger partial charge in [0.2, 0.25) is 0 Å². The van der Waals surface area contributed by atoms with Crippen molar-refractivity contribution in [3.05, 3.63) is 53.0 Å². The fraction of sp³-hybridized carbons (Fsp3) is 0.294. The van der Waals surface area contributed by atoms with E-state index in [0.717, 1.165) is 11.4 Å². The molecule has 1 N–H and O–H groups in total. The molecule has 0 fully saturated rings. The van der Waals surface area contributed by atoms with Crippen LogP contribution < -0.4 is 5.32 Å². The van der Waals surface area contributed by atoms with Crippen molar-refractivity contribution < 1.29 is 14.3 Å². The van der Waals surface area contributed by atoms with E-state index >= 15 is 0 Å². The highest BCUT2D eigenvalue weighted by Crippen LogP contribution is 2.19. The van der Waals surface area contributed by atoms with Crippen LogP contribution in [0.25, 0.3) is 5.82 Å². The molecule has 0 aliphatic heterocycles. The van der Waals surface area contributed by atoms with Crippen molar-refractivity contribution >= 4 is 23.5 Å². The molecule has 0 saturated carbocycles. The summed E-state index contributed by atoms with van der Waals surface area (Å²) in [6.45, 7) is 8.99. The lowest BCUT2D eigenvalue weighted by atomic mass is 10.3. The van der Waals surface area contributed by atoms with E-state index < -0.39 is 18.0 Å². The van der Waals surface area contributed by atoms with Crippen LogP contribution >= 0.6 is 11.6 Å². The Balaban J connectivity index is 2.22. The molecule has 2 heterocycles. The molecule has 2 rings (SSSR count). The number of hydrogen-bond donors (Lipinski definition) is 1. The number of nitrogens with one attached hydrogen (secondary N) is 1. The quantitative estimate of drug-likeness (QED) is 0.629. The number of carbonyl (C=O) groups excluding carboxylic acids is 2. The van der Waals surface area contributed by atoms with Crippen molar-refractivity contribution in [1.29, 1.82) is 0 Å². The van der Waals surface area contributed by atoms with E-state index in [1.165, 1.54) is 13.0 Å². The zero-order valence-electron chi connectivity index (χ0n) is 14.2. The summed E-state index contributed by atoms with van der Waals surface area (Å²) in [6, 6.07) is 5.08. The second-order valence-electron chi connectivity index (χ2n) is 5.42. The van der Waals surface area contributed by atoms with E-state index in [2.05, 4.69) is 22.0 Å². The van der Waals surface area contributed by atoms with Crippen LogP contribution in [-0.2, 0) is 9.53 Å². The molecular weight excluding hydrogens is 344 g/mol. The molecule has 0 bridgehead atoms. The number of carbonyl (C=O) groups is 2. The third-order valence-corrected chi connectivity index (χ3v) is 3.63. The van der Waals surface area contributed by atoms with Gasteiger partial charge in [-0.15, -0.1) is 6.58 Å². The van der Waals surface area contributed by atoms with E-state index in [0.29, 0.717) is 5.82 Å². The largest absolute Gasteiger partial charge is 0.448 e. The summed E-state index contributed by atoms with van der Waals surface area (Å²) >= 11 is 6.06. The standard InChI is InChI=1S/C17H19ClN4O3/c1-5-8-19-16(23)12(4)25-17(24)15-13(18)6-7-14(20-15)22-11(3)9-10(2)21-22/h5-7,9,12H,1,8H2,2-4H3,(H,19,23). The number of esters is 1. The van der Waals surface area contributed by atoms with Crippen LogP contribution in [0.15, 0.2) is 30.9 Å². The minimum absolute atomic E-state index is 0.0740. The van der Waals surface area contributed by atoms with Gasteiger partial charge in [0, 0.05) is 12.2 Å². The third-order valence-electron chi connectivity index (χ3n) is 3.32. The Hall–Kier alpha value is -2.67. The van der Waals surface area contributed by atoms with E-state index in [1.807, 2.05) is 19.9 Å². The van der Waals surface area contributed by atoms with Gasteiger partial charge in [-0.25, -0.2) is 14.5 Å². The van der Waals surface area contributed by atoms with Crippen LogP contribution in [0.1, 0.15) is 28.8 Å². The molecule has 0 aliphatic rings. The molecule has 132 valence electrons. The van der Waals surface area contributed by atoms with Crippen LogP contribution in [0.4, 0.5) is 0 Å². The number of pyridine rings is 1. The maximum Gasteiger partial charge on any atom is 0.359 e.